The second kappa shape index (κ2) is 5.68. The third-order valence-electron chi connectivity index (χ3n) is 2.36. The second-order valence-electron chi connectivity index (χ2n) is 3.59. The molecule has 84 valence electrons. The second-order valence-corrected chi connectivity index (χ2v) is 3.59. The molecule has 1 atom stereocenters. The normalized spacial score (nSPS) is 12.7. The molecule has 1 aromatic rings. The molecule has 0 aromatic carbocycles. The van der Waals surface area contributed by atoms with Gasteiger partial charge in [0.15, 0.2) is 0 Å². The standard InChI is InChI=1S/C11H18N2O2/c1-3-9(7-14)12-6-10-11(15)5-4-8(2)13-10/h4-5,9,12,14-15H,3,6-7H2,1-2H3/t9-/m1/s1. The summed E-state index contributed by atoms with van der Waals surface area (Å²) in [4.78, 5) is 4.22. The molecule has 0 saturated heterocycles. The van der Waals surface area contributed by atoms with E-state index in [0.717, 1.165) is 12.1 Å². The maximum absolute atomic E-state index is 9.53. The van der Waals surface area contributed by atoms with Gasteiger partial charge in [-0.15, -0.1) is 0 Å². The summed E-state index contributed by atoms with van der Waals surface area (Å²) in [7, 11) is 0. The van der Waals surface area contributed by atoms with Crippen LogP contribution in [0.2, 0.25) is 0 Å². The summed E-state index contributed by atoms with van der Waals surface area (Å²) in [6.45, 7) is 4.46. The maximum Gasteiger partial charge on any atom is 0.138 e. The topological polar surface area (TPSA) is 65.4 Å². The van der Waals surface area contributed by atoms with E-state index in [2.05, 4.69) is 10.3 Å². The molecule has 0 saturated carbocycles. The Kier molecular flexibility index (Phi) is 4.52. The lowest BCUT2D eigenvalue weighted by molar-refractivity contribution is 0.237. The van der Waals surface area contributed by atoms with Crippen LogP contribution in [0.25, 0.3) is 0 Å². The van der Waals surface area contributed by atoms with Crippen molar-refractivity contribution in [2.24, 2.45) is 0 Å². The molecule has 0 bridgehead atoms. The lowest BCUT2D eigenvalue weighted by Crippen LogP contribution is -2.31. The van der Waals surface area contributed by atoms with E-state index in [1.807, 2.05) is 13.8 Å². The van der Waals surface area contributed by atoms with Gasteiger partial charge in [0, 0.05) is 18.3 Å². The zero-order valence-electron chi connectivity index (χ0n) is 9.20. The van der Waals surface area contributed by atoms with Crippen LogP contribution in [-0.2, 0) is 6.54 Å². The van der Waals surface area contributed by atoms with Crippen LogP contribution in [0.1, 0.15) is 24.7 Å². The molecule has 0 spiro atoms. The molecule has 0 aliphatic carbocycles. The van der Waals surface area contributed by atoms with Crippen molar-refractivity contribution in [2.75, 3.05) is 6.61 Å². The van der Waals surface area contributed by atoms with Gasteiger partial charge in [0.25, 0.3) is 0 Å². The van der Waals surface area contributed by atoms with Crippen molar-refractivity contribution >= 4 is 0 Å². The van der Waals surface area contributed by atoms with E-state index in [1.54, 1.807) is 12.1 Å². The molecule has 0 unspecified atom stereocenters. The Labute approximate surface area is 90.0 Å². The van der Waals surface area contributed by atoms with Crippen molar-refractivity contribution in [3.05, 3.63) is 23.5 Å². The fraction of sp³-hybridized carbons (Fsp3) is 0.545. The minimum atomic E-state index is 0.0618. The molecule has 0 aliphatic heterocycles. The van der Waals surface area contributed by atoms with Gasteiger partial charge in [0.05, 0.1) is 12.3 Å². The zero-order chi connectivity index (χ0) is 11.3. The molecule has 4 nitrogen and oxygen atoms in total. The average Bonchev–Trinajstić information content (AvgIpc) is 2.24. The van der Waals surface area contributed by atoms with Crippen LogP contribution in [0.5, 0.6) is 5.75 Å². The van der Waals surface area contributed by atoms with Crippen molar-refractivity contribution in [2.45, 2.75) is 32.9 Å². The van der Waals surface area contributed by atoms with Gasteiger partial charge >= 0.3 is 0 Å². The Hall–Kier alpha value is -1.13. The number of aliphatic hydroxyl groups excluding tert-OH is 1. The van der Waals surface area contributed by atoms with Gasteiger partial charge < -0.3 is 15.5 Å². The molecule has 15 heavy (non-hydrogen) atoms. The van der Waals surface area contributed by atoms with E-state index in [4.69, 9.17) is 5.11 Å². The van der Waals surface area contributed by atoms with Gasteiger partial charge in [0.1, 0.15) is 5.75 Å². The fourth-order valence-corrected chi connectivity index (χ4v) is 1.31. The highest BCUT2D eigenvalue weighted by molar-refractivity contribution is 5.27. The molecule has 4 heteroatoms. The van der Waals surface area contributed by atoms with Gasteiger partial charge in [-0.25, -0.2) is 0 Å². The lowest BCUT2D eigenvalue weighted by atomic mass is 10.2. The molecule has 0 radical (unpaired) electrons. The van der Waals surface area contributed by atoms with E-state index in [9.17, 15) is 5.11 Å². The molecule has 0 fully saturated rings. The van der Waals surface area contributed by atoms with Crippen LogP contribution in [0.4, 0.5) is 0 Å². The van der Waals surface area contributed by atoms with Crippen molar-refractivity contribution in [1.82, 2.24) is 10.3 Å². The van der Waals surface area contributed by atoms with Gasteiger partial charge in [-0.05, 0) is 25.5 Å². The summed E-state index contributed by atoms with van der Waals surface area (Å²) in [5.74, 6) is 0.195. The number of aromatic nitrogens is 1. The molecule has 1 aromatic heterocycles. The molecular formula is C11H18N2O2. The Balaban J connectivity index is 2.60. The highest BCUT2D eigenvalue weighted by atomic mass is 16.3. The fourth-order valence-electron chi connectivity index (χ4n) is 1.31. The van der Waals surface area contributed by atoms with Crippen molar-refractivity contribution in [1.29, 1.82) is 0 Å². The number of rotatable bonds is 5. The highest BCUT2D eigenvalue weighted by Crippen LogP contribution is 2.14. The van der Waals surface area contributed by atoms with E-state index in [0.29, 0.717) is 12.2 Å². The molecule has 1 heterocycles. The monoisotopic (exact) mass is 210 g/mol. The number of aromatic hydroxyl groups is 1. The van der Waals surface area contributed by atoms with Gasteiger partial charge in [-0.3, -0.25) is 4.98 Å². The predicted molar refractivity (Wildman–Crippen MR) is 58.6 cm³/mol. The van der Waals surface area contributed by atoms with Crippen LogP contribution in [0.3, 0.4) is 0 Å². The van der Waals surface area contributed by atoms with Crippen LogP contribution in [0, 0.1) is 6.92 Å². The summed E-state index contributed by atoms with van der Waals surface area (Å²) >= 11 is 0. The van der Waals surface area contributed by atoms with Crippen LogP contribution in [0.15, 0.2) is 12.1 Å². The van der Waals surface area contributed by atoms with Gasteiger partial charge in [-0.1, -0.05) is 6.92 Å². The molecular weight excluding hydrogens is 192 g/mol. The Bertz CT molecular complexity index is 311. The zero-order valence-corrected chi connectivity index (χ0v) is 9.20. The highest BCUT2D eigenvalue weighted by Gasteiger charge is 2.07. The van der Waals surface area contributed by atoms with E-state index in [1.165, 1.54) is 0 Å². The first-order valence-corrected chi connectivity index (χ1v) is 5.17. The number of aryl methyl sites for hydroxylation is 1. The van der Waals surface area contributed by atoms with Crippen molar-refractivity contribution in [3.8, 4) is 5.75 Å². The predicted octanol–water partition coefficient (Wildman–Crippen LogP) is 0.956. The first-order valence-electron chi connectivity index (χ1n) is 5.17. The number of hydrogen-bond donors (Lipinski definition) is 3. The van der Waals surface area contributed by atoms with Gasteiger partial charge in [-0.2, -0.15) is 0 Å². The SMILES string of the molecule is CC[C@H](CO)NCc1nc(C)ccc1O. The smallest absolute Gasteiger partial charge is 0.138 e. The molecule has 3 N–H and O–H groups in total. The quantitative estimate of drug-likeness (QED) is 0.677. The van der Waals surface area contributed by atoms with Crippen LogP contribution < -0.4 is 5.32 Å². The third-order valence-corrected chi connectivity index (χ3v) is 2.36. The number of hydrogen-bond acceptors (Lipinski definition) is 4. The Morgan fingerprint density at radius 2 is 2.20 bits per heavy atom. The minimum absolute atomic E-state index is 0.0618. The van der Waals surface area contributed by atoms with Gasteiger partial charge in [0.2, 0.25) is 0 Å². The van der Waals surface area contributed by atoms with E-state index in [-0.39, 0.29) is 18.4 Å². The maximum atomic E-state index is 9.53. The largest absolute Gasteiger partial charge is 0.506 e. The van der Waals surface area contributed by atoms with Crippen LogP contribution in [-0.4, -0.2) is 27.8 Å². The average molecular weight is 210 g/mol. The summed E-state index contributed by atoms with van der Waals surface area (Å²) < 4.78 is 0. The lowest BCUT2D eigenvalue weighted by Gasteiger charge is -2.14. The summed E-state index contributed by atoms with van der Waals surface area (Å²) in [5, 5.41) is 21.6. The first-order chi connectivity index (χ1) is 7.17. The van der Waals surface area contributed by atoms with Crippen LogP contribution >= 0.6 is 0 Å². The Morgan fingerprint density at radius 1 is 1.47 bits per heavy atom. The van der Waals surface area contributed by atoms with Crippen molar-refractivity contribution < 1.29 is 10.2 Å². The Morgan fingerprint density at radius 3 is 2.80 bits per heavy atom. The third kappa shape index (κ3) is 3.49. The summed E-state index contributed by atoms with van der Waals surface area (Å²) in [6, 6.07) is 3.47. The van der Waals surface area contributed by atoms with E-state index >= 15 is 0 Å². The number of nitrogens with zero attached hydrogens (tertiary/aromatic N) is 1. The number of nitrogens with one attached hydrogen (secondary N) is 1. The number of pyridine rings is 1. The minimum Gasteiger partial charge on any atom is -0.506 e. The molecule has 0 aliphatic rings. The van der Waals surface area contributed by atoms with E-state index < -0.39 is 0 Å². The molecule has 1 rings (SSSR count). The summed E-state index contributed by atoms with van der Waals surface area (Å²) in [6.07, 6.45) is 0.850. The summed E-state index contributed by atoms with van der Waals surface area (Å²) in [5.41, 5.74) is 1.50. The molecule has 0 amide bonds. The number of aliphatic hydroxyl groups is 1. The van der Waals surface area contributed by atoms with Crippen molar-refractivity contribution in [3.63, 3.8) is 0 Å². The first kappa shape index (κ1) is 11.9.